The van der Waals surface area contributed by atoms with Gasteiger partial charge >= 0.3 is 0 Å². The Morgan fingerprint density at radius 2 is 1.76 bits per heavy atom. The molecule has 0 aliphatic carbocycles. The maximum atomic E-state index is 6.33. The van der Waals surface area contributed by atoms with Crippen LogP contribution in [0.1, 0.15) is 27.8 Å². The minimum Gasteiger partial charge on any atom is -0.481 e. The number of rotatable bonds is 5. The van der Waals surface area contributed by atoms with E-state index in [1.807, 2.05) is 18.3 Å². The van der Waals surface area contributed by atoms with Gasteiger partial charge in [-0.15, -0.1) is 0 Å². The number of hydrogen-bond donors (Lipinski definition) is 1. The molecule has 0 aliphatic heterocycles. The second kappa shape index (κ2) is 6.72. The van der Waals surface area contributed by atoms with Gasteiger partial charge in [0.2, 0.25) is 5.88 Å². The number of pyridine rings is 1. The van der Waals surface area contributed by atoms with Crippen molar-refractivity contribution in [2.45, 2.75) is 39.7 Å². The van der Waals surface area contributed by atoms with E-state index < -0.39 is 0 Å². The van der Waals surface area contributed by atoms with Crippen molar-refractivity contribution < 1.29 is 4.74 Å². The summed E-state index contributed by atoms with van der Waals surface area (Å²) < 4.78 is 5.07. The lowest BCUT2D eigenvalue weighted by atomic mass is 9.92. The molecular formula is C18H24N2O. The summed E-state index contributed by atoms with van der Waals surface area (Å²) in [7, 11) is 1.62. The molecule has 1 heterocycles. The van der Waals surface area contributed by atoms with Crippen LogP contribution in [-0.2, 0) is 12.8 Å². The van der Waals surface area contributed by atoms with E-state index in [0.29, 0.717) is 5.88 Å². The molecule has 21 heavy (non-hydrogen) atoms. The van der Waals surface area contributed by atoms with Crippen molar-refractivity contribution in [3.63, 3.8) is 0 Å². The van der Waals surface area contributed by atoms with E-state index in [1.54, 1.807) is 7.11 Å². The van der Waals surface area contributed by atoms with Crippen LogP contribution in [0.4, 0.5) is 0 Å². The SMILES string of the molecule is COc1ccc(CC(N)Cc2c(C)cc(C)cc2C)cn1. The third-order valence-electron chi connectivity index (χ3n) is 3.81. The van der Waals surface area contributed by atoms with Gasteiger partial charge in [-0.2, -0.15) is 0 Å². The smallest absolute Gasteiger partial charge is 0.212 e. The van der Waals surface area contributed by atoms with Gasteiger partial charge in [-0.25, -0.2) is 4.98 Å². The standard InChI is InChI=1S/C18H24N2O/c1-12-7-13(2)17(14(3)8-12)10-16(19)9-15-5-6-18(21-4)20-11-15/h5-8,11,16H,9-10,19H2,1-4H3. The quantitative estimate of drug-likeness (QED) is 0.917. The molecule has 2 rings (SSSR count). The first-order valence-corrected chi connectivity index (χ1v) is 7.31. The summed E-state index contributed by atoms with van der Waals surface area (Å²) in [4.78, 5) is 4.23. The van der Waals surface area contributed by atoms with Crippen LogP contribution in [0.25, 0.3) is 0 Å². The van der Waals surface area contributed by atoms with Gasteiger partial charge in [-0.3, -0.25) is 0 Å². The lowest BCUT2D eigenvalue weighted by Crippen LogP contribution is -2.26. The number of methoxy groups -OCH3 is 1. The summed E-state index contributed by atoms with van der Waals surface area (Å²) in [6.45, 7) is 6.46. The monoisotopic (exact) mass is 284 g/mol. The third kappa shape index (κ3) is 4.05. The first-order chi connectivity index (χ1) is 9.99. The van der Waals surface area contributed by atoms with E-state index in [4.69, 9.17) is 10.5 Å². The summed E-state index contributed by atoms with van der Waals surface area (Å²) in [5.41, 5.74) is 12.8. The molecular weight excluding hydrogens is 260 g/mol. The Balaban J connectivity index is 2.06. The van der Waals surface area contributed by atoms with Crippen LogP contribution < -0.4 is 10.5 Å². The Hall–Kier alpha value is -1.87. The molecule has 0 fully saturated rings. The van der Waals surface area contributed by atoms with Crippen molar-refractivity contribution in [3.05, 3.63) is 58.3 Å². The minimum atomic E-state index is 0.0975. The summed E-state index contributed by atoms with van der Waals surface area (Å²) in [5, 5.41) is 0. The first kappa shape index (κ1) is 15.5. The Bertz CT molecular complexity index is 582. The fourth-order valence-corrected chi connectivity index (χ4v) is 2.82. The van der Waals surface area contributed by atoms with Gasteiger partial charge in [-0.05, 0) is 55.9 Å². The summed E-state index contributed by atoms with van der Waals surface area (Å²) >= 11 is 0. The molecule has 0 amide bonds. The maximum Gasteiger partial charge on any atom is 0.212 e. The van der Waals surface area contributed by atoms with E-state index in [2.05, 4.69) is 37.9 Å². The molecule has 112 valence electrons. The molecule has 2 N–H and O–H groups in total. The Labute approximate surface area is 127 Å². The first-order valence-electron chi connectivity index (χ1n) is 7.31. The molecule has 2 aromatic rings. The Morgan fingerprint density at radius 3 is 2.29 bits per heavy atom. The molecule has 1 aromatic carbocycles. The zero-order valence-corrected chi connectivity index (χ0v) is 13.3. The van der Waals surface area contributed by atoms with Crippen molar-refractivity contribution in [1.29, 1.82) is 0 Å². The zero-order valence-electron chi connectivity index (χ0n) is 13.3. The van der Waals surface area contributed by atoms with Gasteiger partial charge in [0.05, 0.1) is 7.11 Å². The van der Waals surface area contributed by atoms with Crippen LogP contribution >= 0.6 is 0 Å². The van der Waals surface area contributed by atoms with Crippen LogP contribution in [0.2, 0.25) is 0 Å². The topological polar surface area (TPSA) is 48.1 Å². The van der Waals surface area contributed by atoms with Gasteiger partial charge in [-0.1, -0.05) is 23.8 Å². The van der Waals surface area contributed by atoms with Crippen LogP contribution in [-0.4, -0.2) is 18.1 Å². The van der Waals surface area contributed by atoms with Crippen molar-refractivity contribution in [1.82, 2.24) is 4.98 Å². The average molecular weight is 284 g/mol. The number of aryl methyl sites for hydroxylation is 3. The fourth-order valence-electron chi connectivity index (χ4n) is 2.82. The van der Waals surface area contributed by atoms with E-state index in [-0.39, 0.29) is 6.04 Å². The summed E-state index contributed by atoms with van der Waals surface area (Å²) in [6, 6.07) is 8.46. The molecule has 3 heteroatoms. The van der Waals surface area contributed by atoms with E-state index in [1.165, 1.54) is 22.3 Å². The van der Waals surface area contributed by atoms with Crippen molar-refractivity contribution in [2.75, 3.05) is 7.11 Å². The van der Waals surface area contributed by atoms with Crippen molar-refractivity contribution in [3.8, 4) is 5.88 Å². The van der Waals surface area contributed by atoms with Gasteiger partial charge < -0.3 is 10.5 Å². The molecule has 1 atom stereocenters. The third-order valence-corrected chi connectivity index (χ3v) is 3.81. The highest BCUT2D eigenvalue weighted by Crippen LogP contribution is 2.19. The number of hydrogen-bond acceptors (Lipinski definition) is 3. The van der Waals surface area contributed by atoms with E-state index in [9.17, 15) is 0 Å². The van der Waals surface area contributed by atoms with Gasteiger partial charge in [0.1, 0.15) is 0 Å². The molecule has 1 unspecified atom stereocenters. The number of ether oxygens (including phenoxy) is 1. The molecule has 0 saturated heterocycles. The molecule has 0 aliphatic rings. The molecule has 0 spiro atoms. The maximum absolute atomic E-state index is 6.33. The van der Waals surface area contributed by atoms with E-state index in [0.717, 1.165) is 18.4 Å². The molecule has 3 nitrogen and oxygen atoms in total. The highest BCUT2D eigenvalue weighted by atomic mass is 16.5. The Kier molecular flexibility index (Phi) is 4.97. The van der Waals surface area contributed by atoms with Crippen LogP contribution in [0.5, 0.6) is 5.88 Å². The average Bonchev–Trinajstić information content (AvgIpc) is 2.43. The van der Waals surface area contributed by atoms with Gasteiger partial charge in [0.15, 0.2) is 0 Å². The predicted molar refractivity (Wildman–Crippen MR) is 86.8 cm³/mol. The lowest BCUT2D eigenvalue weighted by molar-refractivity contribution is 0.397. The predicted octanol–water partition coefficient (Wildman–Crippen LogP) is 3.13. The highest BCUT2D eigenvalue weighted by Gasteiger charge is 2.10. The second-order valence-corrected chi connectivity index (χ2v) is 5.75. The number of benzene rings is 1. The second-order valence-electron chi connectivity index (χ2n) is 5.75. The number of nitrogens with zero attached hydrogens (tertiary/aromatic N) is 1. The van der Waals surface area contributed by atoms with Crippen LogP contribution in [0, 0.1) is 20.8 Å². The lowest BCUT2D eigenvalue weighted by Gasteiger charge is -2.16. The molecule has 0 bridgehead atoms. The molecule has 1 aromatic heterocycles. The normalized spacial score (nSPS) is 12.2. The molecule has 0 saturated carbocycles. The van der Waals surface area contributed by atoms with Gasteiger partial charge in [0.25, 0.3) is 0 Å². The largest absolute Gasteiger partial charge is 0.481 e. The van der Waals surface area contributed by atoms with Crippen LogP contribution in [0.15, 0.2) is 30.5 Å². The summed E-state index contributed by atoms with van der Waals surface area (Å²) in [5.74, 6) is 0.637. The van der Waals surface area contributed by atoms with Crippen LogP contribution in [0.3, 0.4) is 0 Å². The van der Waals surface area contributed by atoms with Gasteiger partial charge in [0, 0.05) is 18.3 Å². The fraction of sp³-hybridized carbons (Fsp3) is 0.389. The highest BCUT2D eigenvalue weighted by molar-refractivity contribution is 5.38. The van der Waals surface area contributed by atoms with E-state index >= 15 is 0 Å². The summed E-state index contributed by atoms with van der Waals surface area (Å²) in [6.07, 6.45) is 3.56. The number of aromatic nitrogens is 1. The minimum absolute atomic E-state index is 0.0975. The zero-order chi connectivity index (χ0) is 15.4. The molecule has 0 radical (unpaired) electrons. The van der Waals surface area contributed by atoms with Crippen molar-refractivity contribution >= 4 is 0 Å². The Morgan fingerprint density at radius 1 is 1.10 bits per heavy atom. The number of nitrogens with two attached hydrogens (primary N) is 1. The van der Waals surface area contributed by atoms with Crippen molar-refractivity contribution in [2.24, 2.45) is 5.73 Å².